The molecule has 0 bridgehead atoms. The van der Waals surface area contributed by atoms with Gasteiger partial charge in [0.25, 0.3) is 0 Å². The number of hydrogen-bond donors (Lipinski definition) is 1. The fraction of sp³-hybridized carbons (Fsp3) is 0.600. The van der Waals surface area contributed by atoms with E-state index in [1.165, 1.54) is 0 Å². The van der Waals surface area contributed by atoms with Crippen LogP contribution in [0.1, 0.15) is 19.3 Å². The van der Waals surface area contributed by atoms with Gasteiger partial charge in [0.15, 0.2) is 0 Å². The Morgan fingerprint density at radius 2 is 2.22 bits per heavy atom. The number of rotatable bonds is 3. The fourth-order valence-electron chi connectivity index (χ4n) is 0.312. The monoisotopic (exact) mass is 130 g/mol. The Morgan fingerprint density at radius 1 is 1.67 bits per heavy atom. The van der Waals surface area contributed by atoms with Gasteiger partial charge in [-0.2, -0.15) is 5.26 Å². The van der Waals surface area contributed by atoms with Gasteiger partial charge in [0.1, 0.15) is 0 Å². The lowest BCUT2D eigenvalue weighted by Crippen LogP contribution is -2.21. The maximum atomic E-state index is 9.65. The molecule has 4 heteroatoms. The van der Waals surface area contributed by atoms with Gasteiger partial charge in [0.2, 0.25) is 0 Å². The third-order valence-corrected chi connectivity index (χ3v) is 0.669. The summed E-state index contributed by atoms with van der Waals surface area (Å²) >= 11 is 0. The summed E-state index contributed by atoms with van der Waals surface area (Å²) in [6.45, 7) is 0. The molecular weight excluding hydrogens is 120 g/mol. The zero-order valence-electron chi connectivity index (χ0n) is 5.39. The van der Waals surface area contributed by atoms with Crippen molar-refractivity contribution >= 4 is 5.97 Å². The first-order valence-electron chi connectivity index (χ1n) is 2.34. The van der Waals surface area contributed by atoms with Crippen LogP contribution in [0.4, 0.5) is 0 Å². The molecule has 0 aromatic heterocycles. The molecule has 0 heterocycles. The molecule has 0 fully saturated rings. The quantitative estimate of drug-likeness (QED) is 0.535. The highest BCUT2D eigenvalue weighted by molar-refractivity contribution is 5.64. The number of nitrogens with zero attached hydrogens (tertiary/aromatic N) is 1. The van der Waals surface area contributed by atoms with Crippen LogP contribution in [0.5, 0.6) is 0 Å². The molecule has 52 valence electrons. The molecule has 0 aromatic carbocycles. The molecule has 4 N–H and O–H groups in total. The number of nitriles is 1. The maximum absolute atomic E-state index is 9.65. The van der Waals surface area contributed by atoms with Gasteiger partial charge in [0, 0.05) is 12.4 Å². The van der Waals surface area contributed by atoms with Gasteiger partial charge in [-0.05, 0) is 12.8 Å². The van der Waals surface area contributed by atoms with Gasteiger partial charge in [0.05, 0.1) is 6.07 Å². The normalized spacial score (nSPS) is 7.00. The summed E-state index contributed by atoms with van der Waals surface area (Å²) in [6, 6.07) is 1.83. The maximum Gasteiger partial charge on any atom is 0.0621 e. The van der Waals surface area contributed by atoms with Gasteiger partial charge < -0.3 is 16.1 Å². The molecule has 0 amide bonds. The smallest absolute Gasteiger partial charge is 0.0621 e. The van der Waals surface area contributed by atoms with E-state index in [-0.39, 0.29) is 12.6 Å². The van der Waals surface area contributed by atoms with E-state index in [4.69, 9.17) is 5.26 Å². The minimum Gasteiger partial charge on any atom is -0.550 e. The average Bonchev–Trinajstić information content (AvgIpc) is 1.66. The van der Waals surface area contributed by atoms with Crippen molar-refractivity contribution in [2.75, 3.05) is 0 Å². The van der Waals surface area contributed by atoms with Crippen molar-refractivity contribution < 1.29 is 9.90 Å². The van der Waals surface area contributed by atoms with Crippen LogP contribution in [0, 0.1) is 11.3 Å². The topological polar surface area (TPSA) is 100 Å². The van der Waals surface area contributed by atoms with Crippen LogP contribution < -0.4 is 11.3 Å². The Balaban J connectivity index is 0. The standard InChI is InChI=1S/C5H7NO2.H3N/c6-4-2-1-3-5(7)8;/h1-3H2,(H,7,8);1H3. The number of quaternary nitrogens is 1. The van der Waals surface area contributed by atoms with E-state index in [2.05, 4.69) is 0 Å². The Hall–Kier alpha value is -1.08. The lowest BCUT2D eigenvalue weighted by atomic mass is 10.2. The number of unbranched alkanes of at least 4 members (excludes halogenated alkanes) is 1. The predicted molar refractivity (Wildman–Crippen MR) is 30.5 cm³/mol. The highest BCUT2D eigenvalue weighted by Crippen LogP contribution is 1.89. The lowest BCUT2D eigenvalue weighted by molar-refractivity contribution is -0.305. The summed E-state index contributed by atoms with van der Waals surface area (Å²) in [6.07, 6.45) is 0.695. The third kappa shape index (κ3) is 10.9. The molecule has 0 atom stereocenters. The van der Waals surface area contributed by atoms with Crippen molar-refractivity contribution in [1.29, 1.82) is 5.26 Å². The first-order chi connectivity index (χ1) is 3.77. The van der Waals surface area contributed by atoms with E-state index >= 15 is 0 Å². The lowest BCUT2D eigenvalue weighted by Gasteiger charge is -1.94. The fourth-order valence-corrected chi connectivity index (χ4v) is 0.312. The van der Waals surface area contributed by atoms with E-state index in [0.717, 1.165) is 0 Å². The summed E-state index contributed by atoms with van der Waals surface area (Å²) in [5.41, 5.74) is 0. The molecule has 0 saturated heterocycles. The summed E-state index contributed by atoms with van der Waals surface area (Å²) < 4.78 is 0. The Labute approximate surface area is 53.7 Å². The van der Waals surface area contributed by atoms with Crippen LogP contribution in [0.25, 0.3) is 0 Å². The average molecular weight is 130 g/mol. The van der Waals surface area contributed by atoms with Gasteiger partial charge in [-0.25, -0.2) is 0 Å². The Bertz CT molecular complexity index is 117. The molecule has 0 unspecified atom stereocenters. The van der Waals surface area contributed by atoms with Gasteiger partial charge in [-0.3, -0.25) is 0 Å². The van der Waals surface area contributed by atoms with Crippen LogP contribution in [-0.4, -0.2) is 5.97 Å². The summed E-state index contributed by atoms with van der Waals surface area (Å²) in [5, 5.41) is 17.6. The Morgan fingerprint density at radius 3 is 2.56 bits per heavy atom. The second-order valence-electron chi connectivity index (χ2n) is 1.38. The molecule has 0 aliphatic heterocycles. The molecule has 0 radical (unpaired) electrons. The molecule has 0 aliphatic rings. The summed E-state index contributed by atoms with van der Waals surface area (Å²) in [4.78, 5) is 9.65. The second kappa shape index (κ2) is 6.92. The van der Waals surface area contributed by atoms with E-state index in [1.807, 2.05) is 6.07 Å². The predicted octanol–water partition coefficient (Wildman–Crippen LogP) is -0.194. The molecule has 4 nitrogen and oxygen atoms in total. The molecule has 0 rings (SSSR count). The molecule has 0 aliphatic carbocycles. The van der Waals surface area contributed by atoms with Crippen molar-refractivity contribution in [3.05, 3.63) is 0 Å². The van der Waals surface area contributed by atoms with Crippen molar-refractivity contribution in [3.8, 4) is 6.07 Å². The molecule has 0 aromatic rings. The summed E-state index contributed by atoms with van der Waals surface area (Å²) in [7, 11) is 0. The molecule has 9 heavy (non-hydrogen) atoms. The molecule has 0 spiro atoms. The Kier molecular flexibility index (Phi) is 8.32. The third-order valence-electron chi connectivity index (χ3n) is 0.669. The minimum absolute atomic E-state index is 0. The van der Waals surface area contributed by atoms with E-state index in [1.54, 1.807) is 0 Å². The number of carboxylic acids is 1. The SMILES string of the molecule is N#CCCCC(=O)[O-].[NH4+]. The number of carboxylic acid groups (broad SMARTS) is 1. The van der Waals surface area contributed by atoms with Crippen LogP contribution in [-0.2, 0) is 4.79 Å². The van der Waals surface area contributed by atoms with Crippen molar-refractivity contribution in [1.82, 2.24) is 6.15 Å². The number of aliphatic carboxylic acids is 1. The van der Waals surface area contributed by atoms with Crippen LogP contribution in [0.2, 0.25) is 0 Å². The highest BCUT2D eigenvalue weighted by Gasteiger charge is 1.84. The van der Waals surface area contributed by atoms with Crippen molar-refractivity contribution in [2.45, 2.75) is 19.3 Å². The molecular formula is C5H10N2O2. The minimum atomic E-state index is -1.08. The van der Waals surface area contributed by atoms with Crippen LogP contribution in [0.3, 0.4) is 0 Å². The zero-order valence-corrected chi connectivity index (χ0v) is 5.39. The van der Waals surface area contributed by atoms with Crippen LogP contribution >= 0.6 is 0 Å². The number of hydrogen-bond acceptors (Lipinski definition) is 3. The first-order valence-corrected chi connectivity index (χ1v) is 2.34. The van der Waals surface area contributed by atoms with Gasteiger partial charge >= 0.3 is 0 Å². The van der Waals surface area contributed by atoms with E-state index in [9.17, 15) is 9.90 Å². The number of carbonyl (C=O) groups excluding carboxylic acids is 1. The highest BCUT2D eigenvalue weighted by atomic mass is 16.4. The second-order valence-corrected chi connectivity index (χ2v) is 1.38. The number of carbonyl (C=O) groups is 1. The molecule has 0 saturated carbocycles. The summed E-state index contributed by atoms with van der Waals surface area (Å²) in [5.74, 6) is -1.08. The van der Waals surface area contributed by atoms with E-state index in [0.29, 0.717) is 12.8 Å². The van der Waals surface area contributed by atoms with Crippen molar-refractivity contribution in [2.24, 2.45) is 0 Å². The van der Waals surface area contributed by atoms with Crippen molar-refractivity contribution in [3.63, 3.8) is 0 Å². The van der Waals surface area contributed by atoms with Crippen LogP contribution in [0.15, 0.2) is 0 Å². The largest absolute Gasteiger partial charge is 0.550 e. The zero-order chi connectivity index (χ0) is 6.41. The van der Waals surface area contributed by atoms with E-state index < -0.39 is 5.97 Å². The van der Waals surface area contributed by atoms with Gasteiger partial charge in [-0.1, -0.05) is 0 Å². The first kappa shape index (κ1) is 10.8. The van der Waals surface area contributed by atoms with Gasteiger partial charge in [-0.15, -0.1) is 0 Å².